The van der Waals surface area contributed by atoms with E-state index in [1.165, 1.54) is 0 Å². The van der Waals surface area contributed by atoms with E-state index in [0.717, 1.165) is 6.42 Å². The molecule has 88 valence electrons. The number of likely N-dealkylation sites (tertiary alicyclic amines) is 1. The van der Waals surface area contributed by atoms with E-state index in [-0.39, 0.29) is 11.7 Å². The number of rotatable bonds is 1. The molecule has 0 radical (unpaired) electrons. The first-order valence-corrected chi connectivity index (χ1v) is 5.34. The Hall–Kier alpha value is -1.50. The maximum atomic E-state index is 11.9. The Labute approximate surface area is 92.8 Å². The average molecular weight is 225 g/mol. The number of aliphatic hydroxyl groups is 1. The van der Waals surface area contributed by atoms with Crippen molar-refractivity contribution in [3.05, 3.63) is 5.82 Å². The number of carbonyl (C=O) groups is 1. The Kier molecular flexibility index (Phi) is 2.86. The predicted molar refractivity (Wildman–Crippen MR) is 54.6 cm³/mol. The third-order valence-electron chi connectivity index (χ3n) is 2.89. The number of carbonyl (C=O) groups excluding carboxylic acids is 1. The first-order chi connectivity index (χ1) is 7.58. The molecule has 2 heterocycles. The molecule has 1 amide bonds. The highest BCUT2D eigenvalue weighted by atomic mass is 16.3. The number of nitrogens with one attached hydrogen (secondary N) is 1. The summed E-state index contributed by atoms with van der Waals surface area (Å²) in [6.45, 7) is 2.96. The number of nitrogens with zero attached hydrogens (tertiary/aromatic N) is 4. The number of tetrazole rings is 1. The fourth-order valence-electron chi connectivity index (χ4n) is 1.86. The minimum absolute atomic E-state index is 0.0848. The molecule has 7 nitrogen and oxygen atoms in total. The van der Waals surface area contributed by atoms with Crippen LogP contribution < -0.4 is 0 Å². The van der Waals surface area contributed by atoms with Crippen LogP contribution in [-0.2, 0) is 0 Å². The molecule has 0 bridgehead atoms. The Balaban J connectivity index is 2.03. The zero-order chi connectivity index (χ0) is 11.6. The predicted octanol–water partition coefficient (Wildman–Crippen LogP) is -0.423. The van der Waals surface area contributed by atoms with Crippen LogP contribution in [-0.4, -0.2) is 55.2 Å². The molecule has 1 atom stereocenters. The van der Waals surface area contributed by atoms with Crippen molar-refractivity contribution in [1.82, 2.24) is 25.5 Å². The molecule has 1 aliphatic heterocycles. The van der Waals surface area contributed by atoms with Crippen molar-refractivity contribution in [2.45, 2.75) is 31.8 Å². The van der Waals surface area contributed by atoms with E-state index in [2.05, 4.69) is 20.6 Å². The summed E-state index contributed by atoms with van der Waals surface area (Å²) < 4.78 is 0. The standard InChI is InChI=1S/C9H15N5O2/c1-9(16)3-2-5-14(6-4-9)8(15)7-10-12-13-11-7/h16H,2-6H2,1H3,(H,10,11,12,13). The SMILES string of the molecule is CC1(O)CCCN(C(=O)c2nn[nH]n2)CC1. The molecular formula is C9H15N5O2. The van der Waals surface area contributed by atoms with Gasteiger partial charge in [0.15, 0.2) is 0 Å². The van der Waals surface area contributed by atoms with Gasteiger partial charge in [0.1, 0.15) is 0 Å². The monoisotopic (exact) mass is 225 g/mol. The van der Waals surface area contributed by atoms with Gasteiger partial charge in [-0.15, -0.1) is 10.2 Å². The zero-order valence-corrected chi connectivity index (χ0v) is 9.18. The molecule has 1 fully saturated rings. The van der Waals surface area contributed by atoms with Crippen molar-refractivity contribution in [3.8, 4) is 0 Å². The minimum Gasteiger partial charge on any atom is -0.390 e. The molecule has 1 aliphatic rings. The fourth-order valence-corrected chi connectivity index (χ4v) is 1.86. The molecule has 0 saturated carbocycles. The van der Waals surface area contributed by atoms with Crippen molar-refractivity contribution in [1.29, 1.82) is 0 Å². The number of amides is 1. The highest BCUT2D eigenvalue weighted by molar-refractivity contribution is 5.90. The van der Waals surface area contributed by atoms with Gasteiger partial charge in [0.2, 0.25) is 0 Å². The molecule has 1 unspecified atom stereocenters. The number of hydrogen-bond acceptors (Lipinski definition) is 5. The lowest BCUT2D eigenvalue weighted by atomic mass is 9.98. The van der Waals surface area contributed by atoms with Gasteiger partial charge >= 0.3 is 0 Å². The molecule has 7 heteroatoms. The van der Waals surface area contributed by atoms with Gasteiger partial charge in [-0.2, -0.15) is 5.21 Å². The normalized spacial score (nSPS) is 26.5. The maximum absolute atomic E-state index is 11.9. The summed E-state index contributed by atoms with van der Waals surface area (Å²) in [6.07, 6.45) is 2.08. The van der Waals surface area contributed by atoms with Gasteiger partial charge in [-0.3, -0.25) is 4.79 Å². The molecule has 1 aromatic heterocycles. The van der Waals surface area contributed by atoms with Gasteiger partial charge < -0.3 is 10.0 Å². The number of H-pyrrole nitrogens is 1. The van der Waals surface area contributed by atoms with E-state index in [1.54, 1.807) is 11.8 Å². The molecule has 2 rings (SSSR count). The van der Waals surface area contributed by atoms with E-state index >= 15 is 0 Å². The van der Waals surface area contributed by atoms with Gasteiger partial charge in [0.05, 0.1) is 5.60 Å². The van der Waals surface area contributed by atoms with Crippen LogP contribution in [0.4, 0.5) is 0 Å². The van der Waals surface area contributed by atoms with Crippen LogP contribution in [0.25, 0.3) is 0 Å². The van der Waals surface area contributed by atoms with Gasteiger partial charge in [0, 0.05) is 13.1 Å². The van der Waals surface area contributed by atoms with E-state index in [0.29, 0.717) is 25.9 Å². The molecule has 2 N–H and O–H groups in total. The molecular weight excluding hydrogens is 210 g/mol. The summed E-state index contributed by atoms with van der Waals surface area (Å²) in [7, 11) is 0. The minimum atomic E-state index is -0.674. The molecule has 16 heavy (non-hydrogen) atoms. The first kappa shape index (κ1) is 11.0. The summed E-state index contributed by atoms with van der Waals surface area (Å²) in [5.74, 6) is -0.145. The van der Waals surface area contributed by atoms with Crippen molar-refractivity contribution in [2.75, 3.05) is 13.1 Å². The summed E-state index contributed by atoms with van der Waals surface area (Å²) in [5, 5.41) is 22.8. The summed E-state index contributed by atoms with van der Waals surface area (Å²) >= 11 is 0. The van der Waals surface area contributed by atoms with Crippen LogP contribution in [0.5, 0.6) is 0 Å². The fraction of sp³-hybridized carbons (Fsp3) is 0.778. The second kappa shape index (κ2) is 4.17. The van der Waals surface area contributed by atoms with Crippen LogP contribution in [0.2, 0.25) is 0 Å². The summed E-state index contributed by atoms with van der Waals surface area (Å²) in [4.78, 5) is 13.5. The van der Waals surface area contributed by atoms with Gasteiger partial charge in [-0.25, -0.2) is 0 Å². The van der Waals surface area contributed by atoms with Crippen LogP contribution in [0.3, 0.4) is 0 Å². The van der Waals surface area contributed by atoms with Crippen molar-refractivity contribution >= 4 is 5.91 Å². The Bertz CT molecular complexity index is 362. The lowest BCUT2D eigenvalue weighted by molar-refractivity contribution is 0.0436. The van der Waals surface area contributed by atoms with Gasteiger partial charge in [-0.05, 0) is 31.4 Å². The second-order valence-electron chi connectivity index (χ2n) is 4.38. The lowest BCUT2D eigenvalue weighted by Gasteiger charge is -2.21. The quantitative estimate of drug-likeness (QED) is 0.676. The maximum Gasteiger partial charge on any atom is 0.295 e. The van der Waals surface area contributed by atoms with Crippen LogP contribution in [0.1, 0.15) is 36.8 Å². The Morgan fingerprint density at radius 3 is 3.00 bits per heavy atom. The van der Waals surface area contributed by atoms with Gasteiger partial charge in [0.25, 0.3) is 11.7 Å². The average Bonchev–Trinajstić information content (AvgIpc) is 2.69. The molecule has 1 saturated heterocycles. The second-order valence-corrected chi connectivity index (χ2v) is 4.38. The third kappa shape index (κ3) is 2.35. The highest BCUT2D eigenvalue weighted by Gasteiger charge is 2.28. The number of hydrogen-bond donors (Lipinski definition) is 2. The Morgan fingerprint density at radius 2 is 2.31 bits per heavy atom. The smallest absolute Gasteiger partial charge is 0.295 e. The largest absolute Gasteiger partial charge is 0.390 e. The van der Waals surface area contributed by atoms with E-state index in [4.69, 9.17) is 0 Å². The van der Waals surface area contributed by atoms with E-state index in [9.17, 15) is 9.90 Å². The topological polar surface area (TPSA) is 95.0 Å². The van der Waals surface area contributed by atoms with Crippen molar-refractivity contribution in [3.63, 3.8) is 0 Å². The van der Waals surface area contributed by atoms with Crippen molar-refractivity contribution < 1.29 is 9.90 Å². The molecule has 0 aromatic carbocycles. The lowest BCUT2D eigenvalue weighted by Crippen LogP contribution is -2.34. The third-order valence-corrected chi connectivity index (χ3v) is 2.89. The van der Waals surface area contributed by atoms with Crippen molar-refractivity contribution in [2.24, 2.45) is 0 Å². The highest BCUT2D eigenvalue weighted by Crippen LogP contribution is 2.21. The molecule has 0 spiro atoms. The number of aromatic nitrogens is 4. The molecule has 0 aliphatic carbocycles. The van der Waals surface area contributed by atoms with Crippen LogP contribution in [0.15, 0.2) is 0 Å². The number of aromatic amines is 1. The summed E-state index contributed by atoms with van der Waals surface area (Å²) in [6, 6.07) is 0. The van der Waals surface area contributed by atoms with Gasteiger partial charge in [-0.1, -0.05) is 0 Å². The molecule has 1 aromatic rings. The zero-order valence-electron chi connectivity index (χ0n) is 9.18. The Morgan fingerprint density at radius 1 is 1.50 bits per heavy atom. The summed E-state index contributed by atoms with van der Waals surface area (Å²) in [5.41, 5.74) is -0.674. The van der Waals surface area contributed by atoms with Crippen LogP contribution >= 0.6 is 0 Å². The first-order valence-electron chi connectivity index (χ1n) is 5.34. The van der Waals surface area contributed by atoms with E-state index < -0.39 is 5.60 Å². The van der Waals surface area contributed by atoms with E-state index in [1.807, 2.05) is 0 Å². The van der Waals surface area contributed by atoms with Crippen LogP contribution in [0, 0.1) is 0 Å².